The van der Waals surface area contributed by atoms with E-state index in [1.165, 1.54) is 39.5 Å². The first-order valence-electron chi connectivity index (χ1n) is 12.5. The molecule has 3 rings (SSSR count). The van der Waals surface area contributed by atoms with E-state index < -0.39 is 23.5 Å². The van der Waals surface area contributed by atoms with Gasteiger partial charge in [0.05, 0.1) is 21.3 Å². The molecule has 0 spiro atoms. The van der Waals surface area contributed by atoms with E-state index >= 15 is 0 Å². The molecule has 39 heavy (non-hydrogen) atoms. The van der Waals surface area contributed by atoms with Crippen LogP contribution in [0.1, 0.15) is 53.2 Å². The summed E-state index contributed by atoms with van der Waals surface area (Å²) in [6.07, 6.45) is 2.26. The number of hydrogen-bond donors (Lipinski definition) is 1. The van der Waals surface area contributed by atoms with Crippen molar-refractivity contribution >= 4 is 34.6 Å². The molecule has 0 aliphatic carbocycles. The molecule has 1 atom stereocenters. The first-order valence-corrected chi connectivity index (χ1v) is 13.9. The molecular formula is C29H35NO8S. The van der Waals surface area contributed by atoms with Crippen molar-refractivity contribution in [1.29, 1.82) is 0 Å². The fraction of sp³-hybridized carbons (Fsp3) is 0.414. The van der Waals surface area contributed by atoms with Gasteiger partial charge in [0.15, 0.2) is 11.5 Å². The third-order valence-electron chi connectivity index (χ3n) is 6.34. The molecule has 9 nitrogen and oxygen atoms in total. The van der Waals surface area contributed by atoms with Gasteiger partial charge in [0.2, 0.25) is 5.75 Å². The van der Waals surface area contributed by atoms with E-state index in [4.69, 9.17) is 23.4 Å². The van der Waals surface area contributed by atoms with Crippen LogP contribution in [0.2, 0.25) is 0 Å². The van der Waals surface area contributed by atoms with Crippen molar-refractivity contribution < 1.29 is 33.0 Å². The minimum Gasteiger partial charge on any atom is -0.493 e. The maximum atomic E-state index is 13.2. The maximum absolute atomic E-state index is 13.2. The van der Waals surface area contributed by atoms with Crippen LogP contribution in [0.5, 0.6) is 17.2 Å². The van der Waals surface area contributed by atoms with E-state index in [2.05, 4.69) is 19.2 Å². The molecule has 210 valence electrons. The second-order valence-electron chi connectivity index (χ2n) is 9.28. The Labute approximate surface area is 232 Å². The lowest BCUT2D eigenvalue weighted by atomic mass is 9.95. The number of ether oxygens (including phenoxy) is 4. The molecule has 0 saturated heterocycles. The van der Waals surface area contributed by atoms with Crippen LogP contribution >= 0.6 is 11.8 Å². The highest BCUT2D eigenvalue weighted by Crippen LogP contribution is 2.38. The van der Waals surface area contributed by atoms with Crippen LogP contribution < -0.4 is 25.2 Å². The average molecular weight is 558 g/mol. The van der Waals surface area contributed by atoms with E-state index in [-0.39, 0.29) is 18.1 Å². The second kappa shape index (κ2) is 13.4. The summed E-state index contributed by atoms with van der Waals surface area (Å²) in [4.78, 5) is 38.5. The van der Waals surface area contributed by atoms with Crippen LogP contribution in [-0.2, 0) is 16.1 Å². The van der Waals surface area contributed by atoms with Crippen molar-refractivity contribution in [2.75, 3.05) is 33.3 Å². The molecule has 0 fully saturated rings. The predicted molar refractivity (Wildman–Crippen MR) is 151 cm³/mol. The molecular weight excluding hydrogens is 522 g/mol. The highest BCUT2D eigenvalue weighted by atomic mass is 32.2. The number of esters is 1. The molecule has 0 bridgehead atoms. The van der Waals surface area contributed by atoms with E-state index in [0.29, 0.717) is 46.0 Å². The molecule has 2 aromatic carbocycles. The van der Waals surface area contributed by atoms with E-state index in [0.717, 1.165) is 11.1 Å². The van der Waals surface area contributed by atoms with Crippen molar-refractivity contribution in [2.45, 2.75) is 45.8 Å². The molecule has 1 aromatic heterocycles. The zero-order valence-electron chi connectivity index (χ0n) is 23.3. The van der Waals surface area contributed by atoms with Gasteiger partial charge in [-0.2, -0.15) is 11.8 Å². The minimum absolute atomic E-state index is 0.142. The largest absolute Gasteiger partial charge is 0.493 e. The number of nitrogens with one attached hydrogen (secondary N) is 1. The summed E-state index contributed by atoms with van der Waals surface area (Å²) in [6.45, 7) is 5.99. The molecule has 1 amide bonds. The van der Waals surface area contributed by atoms with Crippen LogP contribution in [0.4, 0.5) is 0 Å². The van der Waals surface area contributed by atoms with Crippen molar-refractivity contribution in [1.82, 2.24) is 5.32 Å². The topological polar surface area (TPSA) is 113 Å². The summed E-state index contributed by atoms with van der Waals surface area (Å²) in [5.74, 6) is 0.752. The summed E-state index contributed by atoms with van der Waals surface area (Å²) >= 11 is 1.54. The van der Waals surface area contributed by atoms with E-state index in [9.17, 15) is 14.4 Å². The Bertz CT molecular complexity index is 1370. The highest BCUT2D eigenvalue weighted by Gasteiger charge is 2.25. The number of amides is 1. The smallest absolute Gasteiger partial charge is 0.336 e. The Morgan fingerprint density at radius 2 is 1.67 bits per heavy atom. The van der Waals surface area contributed by atoms with Gasteiger partial charge in [-0.3, -0.25) is 4.79 Å². The van der Waals surface area contributed by atoms with Gasteiger partial charge in [-0.1, -0.05) is 13.8 Å². The molecule has 10 heteroatoms. The Hall–Kier alpha value is -3.66. The number of carbonyl (C=O) groups is 2. The maximum Gasteiger partial charge on any atom is 0.336 e. The van der Waals surface area contributed by atoms with Gasteiger partial charge in [0, 0.05) is 22.6 Å². The number of hydrogen-bond acceptors (Lipinski definition) is 9. The van der Waals surface area contributed by atoms with Crippen LogP contribution in [0.15, 0.2) is 39.5 Å². The SMILES string of the molecule is COc1cc(C(=O)NC(CCSC)C(=O)OCc2cc(=O)oc3cc(C)c(C(C)C)cc23)cc(OC)c1OC. The van der Waals surface area contributed by atoms with Gasteiger partial charge in [0.25, 0.3) is 5.91 Å². The number of methoxy groups -OCH3 is 3. The van der Waals surface area contributed by atoms with Crippen LogP contribution in [-0.4, -0.2) is 51.3 Å². The molecule has 1 unspecified atom stereocenters. The van der Waals surface area contributed by atoms with Gasteiger partial charge in [-0.25, -0.2) is 9.59 Å². The van der Waals surface area contributed by atoms with Gasteiger partial charge in [0.1, 0.15) is 18.2 Å². The first-order chi connectivity index (χ1) is 18.6. The number of rotatable bonds is 12. The molecule has 0 radical (unpaired) electrons. The summed E-state index contributed by atoms with van der Waals surface area (Å²) in [7, 11) is 4.38. The van der Waals surface area contributed by atoms with Crippen molar-refractivity contribution in [3.05, 3.63) is 63.0 Å². The number of thioether (sulfide) groups is 1. The van der Waals surface area contributed by atoms with Gasteiger partial charge in [-0.15, -0.1) is 0 Å². The summed E-state index contributed by atoms with van der Waals surface area (Å²) in [6, 6.07) is 7.24. The normalized spacial score (nSPS) is 11.8. The van der Waals surface area contributed by atoms with Crippen LogP contribution in [0.3, 0.4) is 0 Å². The van der Waals surface area contributed by atoms with Gasteiger partial charge < -0.3 is 28.7 Å². The highest BCUT2D eigenvalue weighted by molar-refractivity contribution is 7.98. The molecule has 0 aliphatic rings. The lowest BCUT2D eigenvalue weighted by molar-refractivity contribution is -0.147. The summed E-state index contributed by atoms with van der Waals surface area (Å²) in [5, 5.41) is 3.47. The molecule has 0 saturated carbocycles. The Balaban J connectivity index is 1.85. The van der Waals surface area contributed by atoms with Crippen molar-refractivity contribution in [3.63, 3.8) is 0 Å². The van der Waals surface area contributed by atoms with Crippen LogP contribution in [0, 0.1) is 6.92 Å². The quantitative estimate of drug-likeness (QED) is 0.247. The van der Waals surface area contributed by atoms with Crippen molar-refractivity contribution in [2.24, 2.45) is 0 Å². The fourth-order valence-electron chi connectivity index (χ4n) is 4.32. The molecule has 0 aliphatic heterocycles. The number of benzene rings is 2. The van der Waals surface area contributed by atoms with Gasteiger partial charge in [-0.05, 0) is 66.7 Å². The number of fused-ring (bicyclic) bond motifs is 1. The first kappa shape index (κ1) is 29.9. The number of carbonyl (C=O) groups excluding carboxylic acids is 2. The number of aryl methyl sites for hydroxylation is 1. The second-order valence-corrected chi connectivity index (χ2v) is 10.3. The zero-order chi connectivity index (χ0) is 28.7. The Kier molecular flexibility index (Phi) is 10.3. The lowest BCUT2D eigenvalue weighted by Gasteiger charge is -2.19. The third-order valence-corrected chi connectivity index (χ3v) is 6.98. The van der Waals surface area contributed by atoms with E-state index in [1.807, 2.05) is 25.3 Å². The molecule has 3 aromatic rings. The lowest BCUT2D eigenvalue weighted by Crippen LogP contribution is -2.42. The van der Waals surface area contributed by atoms with Crippen LogP contribution in [0.25, 0.3) is 11.0 Å². The minimum atomic E-state index is -0.913. The Morgan fingerprint density at radius 3 is 2.23 bits per heavy atom. The molecule has 1 N–H and O–H groups in total. The van der Waals surface area contributed by atoms with Gasteiger partial charge >= 0.3 is 11.6 Å². The summed E-state index contributed by atoms with van der Waals surface area (Å²) in [5.41, 5.74) is 2.80. The molecule has 1 heterocycles. The third kappa shape index (κ3) is 7.06. The zero-order valence-corrected chi connectivity index (χ0v) is 24.2. The Morgan fingerprint density at radius 1 is 1.00 bits per heavy atom. The summed E-state index contributed by atoms with van der Waals surface area (Å²) < 4.78 is 27.0. The fourth-order valence-corrected chi connectivity index (χ4v) is 4.79. The average Bonchev–Trinajstić information content (AvgIpc) is 2.91. The standard InChI is InChI=1S/C29H35NO8S/c1-16(2)20-14-21-19(13-26(31)38-23(21)10-17(20)3)15-37-29(33)22(8-9-39-7)30-28(32)18-11-24(34-4)27(36-6)25(12-18)35-5/h10-14,16,22H,8-9,15H2,1-7H3,(H,30,32). The predicted octanol–water partition coefficient (Wildman–Crippen LogP) is 4.85. The van der Waals surface area contributed by atoms with Crippen molar-refractivity contribution in [3.8, 4) is 17.2 Å². The van der Waals surface area contributed by atoms with E-state index in [1.54, 1.807) is 11.8 Å². The monoisotopic (exact) mass is 557 g/mol.